The van der Waals surface area contributed by atoms with Gasteiger partial charge in [-0.1, -0.05) is 41.4 Å². The zero-order chi connectivity index (χ0) is 11.8. The Hall–Kier alpha value is -1.73. The minimum atomic E-state index is 0.759. The van der Waals surface area contributed by atoms with E-state index in [-0.39, 0.29) is 0 Å². The van der Waals surface area contributed by atoms with Crippen LogP contribution in [-0.4, -0.2) is 4.98 Å². The van der Waals surface area contributed by atoms with Crippen molar-refractivity contribution in [3.8, 4) is 11.3 Å². The van der Waals surface area contributed by atoms with Crippen LogP contribution in [0.5, 0.6) is 0 Å². The predicted octanol–water partition coefficient (Wildman–Crippen LogP) is 4.80. The van der Waals surface area contributed by atoms with Gasteiger partial charge in [0.05, 0.1) is 0 Å². The van der Waals surface area contributed by atoms with E-state index in [0.717, 1.165) is 16.2 Å². The lowest BCUT2D eigenvalue weighted by Crippen LogP contribution is -1.78. The molecule has 1 heterocycles. The number of fused-ring (bicyclic) bond motifs is 1. The first-order valence-corrected chi connectivity index (χ1v) is 5.95. The second-order valence-electron chi connectivity index (χ2n) is 4.28. The van der Waals surface area contributed by atoms with E-state index in [4.69, 9.17) is 11.6 Å². The second-order valence-corrected chi connectivity index (χ2v) is 4.72. The van der Waals surface area contributed by atoms with E-state index in [1.807, 2.05) is 18.2 Å². The quantitative estimate of drug-likeness (QED) is 0.630. The number of H-pyrrole nitrogens is 1. The van der Waals surface area contributed by atoms with Crippen molar-refractivity contribution in [2.45, 2.75) is 6.92 Å². The first-order valence-electron chi connectivity index (χ1n) is 5.58. The second kappa shape index (κ2) is 3.94. The molecular formula is C15H12ClN. The highest BCUT2D eigenvalue weighted by Crippen LogP contribution is 2.26. The van der Waals surface area contributed by atoms with Crippen molar-refractivity contribution < 1.29 is 0 Å². The van der Waals surface area contributed by atoms with Crippen molar-refractivity contribution in [1.29, 1.82) is 0 Å². The number of halogens is 1. The molecule has 2 aromatic carbocycles. The molecule has 0 unspecified atom stereocenters. The molecule has 0 aliphatic heterocycles. The van der Waals surface area contributed by atoms with Crippen LogP contribution >= 0.6 is 11.6 Å². The Morgan fingerprint density at radius 3 is 2.71 bits per heavy atom. The molecule has 0 bridgehead atoms. The van der Waals surface area contributed by atoms with Gasteiger partial charge in [0, 0.05) is 21.6 Å². The molecule has 2 heteroatoms. The molecule has 3 aromatic rings. The number of rotatable bonds is 1. The topological polar surface area (TPSA) is 15.8 Å². The number of aromatic amines is 1. The maximum atomic E-state index is 5.98. The zero-order valence-electron chi connectivity index (χ0n) is 9.50. The van der Waals surface area contributed by atoms with Crippen LogP contribution in [0.2, 0.25) is 5.02 Å². The van der Waals surface area contributed by atoms with Crippen LogP contribution < -0.4 is 0 Å². The molecule has 0 aliphatic rings. The average molecular weight is 242 g/mol. The molecule has 0 saturated carbocycles. The Balaban J connectivity index is 2.18. The van der Waals surface area contributed by atoms with Gasteiger partial charge >= 0.3 is 0 Å². The zero-order valence-corrected chi connectivity index (χ0v) is 10.3. The maximum absolute atomic E-state index is 5.98. The van der Waals surface area contributed by atoms with Crippen molar-refractivity contribution in [2.75, 3.05) is 0 Å². The third-order valence-electron chi connectivity index (χ3n) is 2.91. The van der Waals surface area contributed by atoms with Gasteiger partial charge in [0.25, 0.3) is 0 Å². The number of aromatic nitrogens is 1. The van der Waals surface area contributed by atoms with Crippen LogP contribution in [-0.2, 0) is 0 Å². The molecule has 0 aliphatic carbocycles. The fourth-order valence-corrected chi connectivity index (χ4v) is 2.24. The monoisotopic (exact) mass is 241 g/mol. The molecule has 84 valence electrons. The van der Waals surface area contributed by atoms with Gasteiger partial charge in [0.2, 0.25) is 0 Å². The number of nitrogens with one attached hydrogen (secondary N) is 1. The standard InChI is InChI=1S/C15H12ClN/c1-10-3-2-4-11(7-10)14-8-12-5-6-13(16)9-15(12)17-14/h2-9,17H,1H3. The summed E-state index contributed by atoms with van der Waals surface area (Å²) in [5.74, 6) is 0. The lowest BCUT2D eigenvalue weighted by atomic mass is 10.1. The third-order valence-corrected chi connectivity index (χ3v) is 3.15. The van der Waals surface area contributed by atoms with Crippen LogP contribution in [0.1, 0.15) is 5.56 Å². The Labute approximate surface area is 105 Å². The lowest BCUT2D eigenvalue weighted by molar-refractivity contribution is 1.42. The SMILES string of the molecule is Cc1cccc(-c2cc3ccc(Cl)cc3[nH]2)c1. The minimum Gasteiger partial charge on any atom is -0.354 e. The van der Waals surface area contributed by atoms with Gasteiger partial charge < -0.3 is 4.98 Å². The molecule has 3 rings (SSSR count). The van der Waals surface area contributed by atoms with Gasteiger partial charge in [0.15, 0.2) is 0 Å². The molecule has 0 radical (unpaired) electrons. The Bertz CT molecular complexity index is 682. The average Bonchev–Trinajstić information content (AvgIpc) is 2.72. The summed E-state index contributed by atoms with van der Waals surface area (Å²) in [7, 11) is 0. The lowest BCUT2D eigenvalue weighted by Gasteiger charge is -1.98. The van der Waals surface area contributed by atoms with Crippen molar-refractivity contribution in [3.63, 3.8) is 0 Å². The number of benzene rings is 2. The fraction of sp³-hybridized carbons (Fsp3) is 0.0667. The fourth-order valence-electron chi connectivity index (χ4n) is 2.07. The molecule has 1 nitrogen and oxygen atoms in total. The molecular weight excluding hydrogens is 230 g/mol. The van der Waals surface area contributed by atoms with Crippen LogP contribution in [0.15, 0.2) is 48.5 Å². The Morgan fingerprint density at radius 2 is 1.88 bits per heavy atom. The molecule has 17 heavy (non-hydrogen) atoms. The van der Waals surface area contributed by atoms with E-state index >= 15 is 0 Å². The Morgan fingerprint density at radius 1 is 1.00 bits per heavy atom. The summed E-state index contributed by atoms with van der Waals surface area (Å²) in [4.78, 5) is 3.40. The highest BCUT2D eigenvalue weighted by Gasteiger charge is 2.03. The third kappa shape index (κ3) is 1.94. The van der Waals surface area contributed by atoms with E-state index in [2.05, 4.69) is 42.2 Å². The van der Waals surface area contributed by atoms with Gasteiger partial charge in [-0.25, -0.2) is 0 Å². The summed E-state index contributed by atoms with van der Waals surface area (Å²) < 4.78 is 0. The van der Waals surface area contributed by atoms with E-state index in [1.165, 1.54) is 16.5 Å². The summed E-state index contributed by atoms with van der Waals surface area (Å²) >= 11 is 5.98. The summed E-state index contributed by atoms with van der Waals surface area (Å²) in [5, 5.41) is 1.95. The molecule has 0 amide bonds. The summed E-state index contributed by atoms with van der Waals surface area (Å²) in [6.07, 6.45) is 0. The van der Waals surface area contributed by atoms with Gasteiger partial charge in [-0.05, 0) is 36.8 Å². The number of hydrogen-bond donors (Lipinski definition) is 1. The first kappa shape index (κ1) is 10.4. The van der Waals surface area contributed by atoms with Gasteiger partial charge in [-0.15, -0.1) is 0 Å². The van der Waals surface area contributed by atoms with E-state index < -0.39 is 0 Å². The summed E-state index contributed by atoms with van der Waals surface area (Å²) in [6, 6.07) is 16.5. The van der Waals surface area contributed by atoms with Gasteiger partial charge in [-0.3, -0.25) is 0 Å². The molecule has 1 N–H and O–H groups in total. The largest absolute Gasteiger partial charge is 0.354 e. The van der Waals surface area contributed by atoms with Gasteiger partial charge in [0.1, 0.15) is 0 Å². The predicted molar refractivity (Wildman–Crippen MR) is 73.5 cm³/mol. The minimum absolute atomic E-state index is 0.759. The van der Waals surface area contributed by atoms with Crippen LogP contribution in [0, 0.1) is 6.92 Å². The summed E-state index contributed by atoms with van der Waals surface area (Å²) in [5.41, 5.74) is 4.68. The van der Waals surface area contributed by atoms with E-state index in [9.17, 15) is 0 Å². The van der Waals surface area contributed by atoms with E-state index in [0.29, 0.717) is 0 Å². The normalized spacial score (nSPS) is 10.9. The van der Waals surface area contributed by atoms with Crippen LogP contribution in [0.25, 0.3) is 22.2 Å². The van der Waals surface area contributed by atoms with Crippen molar-refractivity contribution in [1.82, 2.24) is 4.98 Å². The van der Waals surface area contributed by atoms with Crippen molar-refractivity contribution in [3.05, 3.63) is 59.1 Å². The summed E-state index contributed by atoms with van der Waals surface area (Å²) in [6.45, 7) is 2.10. The van der Waals surface area contributed by atoms with Gasteiger partial charge in [-0.2, -0.15) is 0 Å². The molecule has 0 saturated heterocycles. The maximum Gasteiger partial charge on any atom is 0.0473 e. The Kier molecular flexibility index (Phi) is 2.41. The highest BCUT2D eigenvalue weighted by atomic mass is 35.5. The molecule has 0 atom stereocenters. The molecule has 1 aromatic heterocycles. The van der Waals surface area contributed by atoms with Crippen molar-refractivity contribution >= 4 is 22.5 Å². The number of hydrogen-bond acceptors (Lipinski definition) is 0. The van der Waals surface area contributed by atoms with Crippen molar-refractivity contribution in [2.24, 2.45) is 0 Å². The first-order chi connectivity index (χ1) is 8.22. The van der Waals surface area contributed by atoms with Crippen LogP contribution in [0.3, 0.4) is 0 Å². The van der Waals surface area contributed by atoms with E-state index in [1.54, 1.807) is 0 Å². The highest BCUT2D eigenvalue weighted by molar-refractivity contribution is 6.31. The van der Waals surface area contributed by atoms with Crippen LogP contribution in [0.4, 0.5) is 0 Å². The smallest absolute Gasteiger partial charge is 0.0473 e. The number of aryl methyl sites for hydroxylation is 1. The molecule has 0 fully saturated rings. The molecule has 0 spiro atoms.